The lowest BCUT2D eigenvalue weighted by Crippen LogP contribution is -2.58. The minimum Gasteiger partial charge on any atom is -0.502 e. The lowest BCUT2D eigenvalue weighted by atomic mass is 9.92. The molecule has 2 bridgehead atoms. The summed E-state index contributed by atoms with van der Waals surface area (Å²) in [5.41, 5.74) is 0.0319. The Morgan fingerprint density at radius 1 is 1.13 bits per heavy atom. The number of thioether (sulfide) groups is 1. The van der Waals surface area contributed by atoms with Crippen LogP contribution in [0.4, 0.5) is 8.78 Å². The van der Waals surface area contributed by atoms with Gasteiger partial charge in [-0.3, -0.25) is 19.3 Å². The number of nitrogens with zero attached hydrogens (tertiary/aromatic N) is 3. The molecule has 1 spiro atoms. The first-order valence-electron chi connectivity index (χ1n) is 12.0. The molecule has 0 radical (unpaired) electrons. The van der Waals surface area contributed by atoms with Gasteiger partial charge in [-0.15, -0.1) is 11.8 Å². The first-order chi connectivity index (χ1) is 17.9. The lowest BCUT2D eigenvalue weighted by molar-refractivity contribution is 0.0605. The highest BCUT2D eigenvalue weighted by Crippen LogP contribution is 2.50. The summed E-state index contributed by atoms with van der Waals surface area (Å²) in [4.78, 5) is 28.7. The van der Waals surface area contributed by atoms with E-state index < -0.39 is 40.3 Å². The molecule has 7 rings (SSSR count). The number of rotatable bonds is 0. The van der Waals surface area contributed by atoms with Crippen LogP contribution in [0.5, 0.6) is 11.5 Å². The number of aromatic nitrogens is 1. The van der Waals surface area contributed by atoms with Crippen molar-refractivity contribution in [2.75, 3.05) is 18.3 Å². The summed E-state index contributed by atoms with van der Waals surface area (Å²) in [5.74, 6) is -2.64. The number of ether oxygens (including phenoxy) is 1. The van der Waals surface area contributed by atoms with Crippen LogP contribution in [-0.2, 0) is 5.75 Å². The van der Waals surface area contributed by atoms with Crippen LogP contribution in [0.25, 0.3) is 0 Å². The second-order valence-electron chi connectivity index (χ2n) is 9.64. The van der Waals surface area contributed by atoms with Crippen LogP contribution in [0, 0.1) is 11.6 Å². The molecule has 10 heteroatoms. The average molecular weight is 538 g/mol. The summed E-state index contributed by atoms with van der Waals surface area (Å²) in [6, 6.07) is 9.16. The third kappa shape index (κ3) is 3.39. The average Bonchev–Trinajstić information content (AvgIpc) is 3.70. The number of pyridine rings is 1. The molecular formula is C28H25F2N3O4S. The van der Waals surface area contributed by atoms with E-state index >= 15 is 4.39 Å². The Bertz CT molecular complexity index is 1580. The van der Waals surface area contributed by atoms with Gasteiger partial charge < -0.3 is 14.7 Å². The molecule has 3 aliphatic heterocycles. The summed E-state index contributed by atoms with van der Waals surface area (Å²) in [5, 5.41) is 12.6. The van der Waals surface area contributed by atoms with Crippen molar-refractivity contribution >= 4 is 17.7 Å². The molecular weight excluding hydrogens is 512 g/mol. The van der Waals surface area contributed by atoms with Gasteiger partial charge in [-0.25, -0.2) is 8.78 Å². The standard InChI is InChI=1S/C27H21F2N3O4S.CH4/c28-17-12-19-21-16(22(17)29)13-37-20-5-2-1-4-15(20)23(21)32-14-30(27(8-9-27)7-3-11-36-19)26(35)24-25(34)18(33)6-10-31(24)32;/h1-7,10,12,23,34H,8-9,11,13-14H2;1H4/b7-3+;/t23-;/m1./s1. The highest BCUT2D eigenvalue weighted by Gasteiger charge is 2.53. The molecule has 196 valence electrons. The van der Waals surface area contributed by atoms with Crippen LogP contribution in [-0.4, -0.2) is 39.4 Å². The molecule has 7 nitrogen and oxygen atoms in total. The highest BCUT2D eigenvalue weighted by atomic mass is 32.2. The molecule has 1 aliphatic carbocycles. The molecule has 2 aromatic carbocycles. The van der Waals surface area contributed by atoms with Crippen molar-refractivity contribution in [1.29, 1.82) is 0 Å². The fourth-order valence-electron chi connectivity index (χ4n) is 5.63. The fourth-order valence-corrected chi connectivity index (χ4v) is 6.73. The maximum Gasteiger partial charge on any atom is 0.278 e. The van der Waals surface area contributed by atoms with E-state index in [1.807, 2.05) is 35.4 Å². The Hall–Kier alpha value is -3.79. The van der Waals surface area contributed by atoms with Gasteiger partial charge in [0.1, 0.15) is 25.1 Å². The van der Waals surface area contributed by atoms with Gasteiger partial charge in [0.15, 0.2) is 23.1 Å². The predicted molar refractivity (Wildman–Crippen MR) is 139 cm³/mol. The van der Waals surface area contributed by atoms with Gasteiger partial charge in [-0.05, 0) is 30.5 Å². The molecule has 0 saturated heterocycles. The summed E-state index contributed by atoms with van der Waals surface area (Å²) in [6.07, 6.45) is 6.54. The number of hydrogen-bond acceptors (Lipinski definition) is 6. The van der Waals surface area contributed by atoms with E-state index in [0.717, 1.165) is 16.5 Å². The number of hydrogen-bond donors (Lipinski definition) is 1. The van der Waals surface area contributed by atoms with Crippen molar-refractivity contribution in [3.63, 3.8) is 0 Å². The zero-order chi connectivity index (χ0) is 25.5. The normalized spacial score (nSPS) is 21.1. The maximum absolute atomic E-state index is 15.4. The van der Waals surface area contributed by atoms with E-state index in [2.05, 4.69) is 0 Å². The van der Waals surface area contributed by atoms with Gasteiger partial charge in [0.25, 0.3) is 5.91 Å². The van der Waals surface area contributed by atoms with E-state index in [0.29, 0.717) is 18.4 Å². The Balaban J connectivity index is 0.00000264. The van der Waals surface area contributed by atoms with Crippen LogP contribution in [0.2, 0.25) is 0 Å². The third-order valence-corrected chi connectivity index (χ3v) is 8.72. The van der Waals surface area contributed by atoms with Crippen molar-refractivity contribution in [1.82, 2.24) is 9.58 Å². The maximum atomic E-state index is 15.4. The van der Waals surface area contributed by atoms with Gasteiger partial charge in [0.2, 0.25) is 5.43 Å². The van der Waals surface area contributed by atoms with Crippen molar-refractivity contribution < 1.29 is 23.4 Å². The molecule has 1 atom stereocenters. The van der Waals surface area contributed by atoms with Gasteiger partial charge in [0.05, 0.1) is 5.54 Å². The van der Waals surface area contributed by atoms with Crippen LogP contribution < -0.4 is 15.2 Å². The van der Waals surface area contributed by atoms with E-state index in [4.69, 9.17) is 4.74 Å². The zero-order valence-corrected chi connectivity index (χ0v) is 20.3. The van der Waals surface area contributed by atoms with Crippen molar-refractivity contribution in [2.24, 2.45) is 0 Å². The van der Waals surface area contributed by atoms with Crippen LogP contribution >= 0.6 is 11.8 Å². The topological polar surface area (TPSA) is 75.0 Å². The quantitative estimate of drug-likeness (QED) is 0.420. The molecule has 1 saturated carbocycles. The van der Waals surface area contributed by atoms with E-state index in [1.54, 1.807) is 11.0 Å². The first-order valence-corrected chi connectivity index (χ1v) is 12.9. The number of halogens is 2. The Labute approximate surface area is 221 Å². The number of carbonyl (C=O) groups is 1. The van der Waals surface area contributed by atoms with Gasteiger partial charge >= 0.3 is 0 Å². The summed E-state index contributed by atoms with van der Waals surface area (Å²) in [6.45, 7) is 0.207. The zero-order valence-electron chi connectivity index (χ0n) is 19.5. The summed E-state index contributed by atoms with van der Waals surface area (Å²) >= 11 is 1.40. The second kappa shape index (κ2) is 8.62. The molecule has 1 N–H and O–H groups in total. The number of benzene rings is 2. The SMILES string of the molecule is C.O=C1c2c(O)c(=O)ccn2N2CN1C1(/C=C/COc3cc(F)c(F)c4c3[C@H]2c2ccccc2SC4)CC1. The van der Waals surface area contributed by atoms with Gasteiger partial charge in [0, 0.05) is 40.1 Å². The number of carbonyl (C=O) groups excluding carboxylic acids is 1. The van der Waals surface area contributed by atoms with E-state index in [-0.39, 0.29) is 43.5 Å². The Morgan fingerprint density at radius 3 is 2.71 bits per heavy atom. The molecule has 1 aromatic heterocycles. The van der Waals surface area contributed by atoms with Crippen LogP contribution in [0.3, 0.4) is 0 Å². The largest absolute Gasteiger partial charge is 0.502 e. The molecule has 1 fully saturated rings. The molecule has 4 aliphatic rings. The summed E-state index contributed by atoms with van der Waals surface area (Å²) < 4.78 is 37.7. The van der Waals surface area contributed by atoms with E-state index in [9.17, 15) is 19.1 Å². The third-order valence-electron chi connectivity index (χ3n) is 7.61. The minimum atomic E-state index is -0.992. The smallest absolute Gasteiger partial charge is 0.278 e. The van der Waals surface area contributed by atoms with Gasteiger partial charge in [-0.1, -0.05) is 31.7 Å². The molecule has 38 heavy (non-hydrogen) atoms. The Morgan fingerprint density at radius 2 is 1.92 bits per heavy atom. The van der Waals surface area contributed by atoms with Gasteiger partial charge in [-0.2, -0.15) is 0 Å². The molecule has 1 amide bonds. The number of aromatic hydroxyl groups is 1. The Kier molecular flexibility index (Phi) is 5.57. The minimum absolute atomic E-state index is 0. The van der Waals surface area contributed by atoms with E-state index in [1.165, 1.54) is 28.7 Å². The number of amides is 1. The van der Waals surface area contributed by atoms with Crippen LogP contribution in [0.1, 0.15) is 53.5 Å². The van der Waals surface area contributed by atoms with Crippen molar-refractivity contribution in [3.8, 4) is 11.5 Å². The predicted octanol–water partition coefficient (Wildman–Crippen LogP) is 4.70. The summed E-state index contributed by atoms with van der Waals surface area (Å²) in [7, 11) is 0. The number of fused-ring (bicyclic) bond motifs is 8. The lowest BCUT2D eigenvalue weighted by Gasteiger charge is -2.46. The fraction of sp³-hybridized carbons (Fsp3) is 0.286. The molecule has 0 unspecified atom stereocenters. The second-order valence-corrected chi connectivity index (χ2v) is 10.7. The first kappa shape index (κ1) is 24.5. The van der Waals surface area contributed by atoms with Crippen molar-refractivity contribution in [2.45, 2.75) is 42.5 Å². The molecule has 3 aromatic rings. The molecule has 4 heterocycles. The van der Waals surface area contributed by atoms with Crippen molar-refractivity contribution in [3.05, 3.63) is 99.0 Å². The highest BCUT2D eigenvalue weighted by molar-refractivity contribution is 7.98. The monoisotopic (exact) mass is 537 g/mol. The van der Waals surface area contributed by atoms with Crippen LogP contribution in [0.15, 0.2) is 64.4 Å².